The van der Waals surface area contributed by atoms with Crippen LogP contribution in [-0.2, 0) is 25.5 Å². The molecule has 0 saturated carbocycles. The molecule has 0 radical (unpaired) electrons. The molecule has 6 nitrogen and oxygen atoms in total. The Morgan fingerprint density at radius 1 is 1.22 bits per heavy atom. The summed E-state index contributed by atoms with van der Waals surface area (Å²) >= 11 is 6.05. The molecule has 0 spiro atoms. The number of anilines is 1. The van der Waals surface area contributed by atoms with Gasteiger partial charge in [-0.2, -0.15) is 0 Å². The fourth-order valence-electron chi connectivity index (χ4n) is 4.69. The topological polar surface area (TPSA) is 81.7 Å². The molecule has 4 rings (SSSR count). The van der Waals surface area contributed by atoms with Crippen molar-refractivity contribution in [2.75, 3.05) is 5.32 Å². The first-order valence-electron chi connectivity index (χ1n) is 10.8. The molecule has 1 aliphatic heterocycles. The molecule has 2 aromatic rings. The minimum atomic E-state index is -0.495. The average Bonchev–Trinajstić information content (AvgIpc) is 3.05. The van der Waals surface area contributed by atoms with E-state index in [0.717, 1.165) is 29.5 Å². The highest BCUT2D eigenvalue weighted by atomic mass is 35.5. The molecule has 2 aliphatic rings. The second-order valence-electron chi connectivity index (χ2n) is 8.56. The molecule has 0 unspecified atom stereocenters. The van der Waals surface area contributed by atoms with E-state index in [-0.39, 0.29) is 42.7 Å². The maximum Gasteiger partial charge on any atom is 0.311 e. The van der Waals surface area contributed by atoms with Gasteiger partial charge in [-0.3, -0.25) is 14.4 Å². The average molecular weight is 456 g/mol. The van der Waals surface area contributed by atoms with Gasteiger partial charge in [0.1, 0.15) is 11.9 Å². The van der Waals surface area contributed by atoms with Gasteiger partial charge in [-0.25, -0.2) is 0 Å². The van der Waals surface area contributed by atoms with Crippen LogP contribution in [0.25, 0.3) is 0 Å². The quantitative estimate of drug-likeness (QED) is 0.502. The fraction of sp³-hybridized carbons (Fsp3) is 0.400. The van der Waals surface area contributed by atoms with Gasteiger partial charge >= 0.3 is 11.9 Å². The molecule has 1 amide bonds. The van der Waals surface area contributed by atoms with Crippen molar-refractivity contribution in [1.29, 1.82) is 0 Å². The number of rotatable bonds is 5. The number of fused-ring (bicyclic) bond motifs is 3. The number of amides is 1. The summed E-state index contributed by atoms with van der Waals surface area (Å²) in [6, 6.07) is 8.77. The van der Waals surface area contributed by atoms with E-state index in [2.05, 4.69) is 5.32 Å². The van der Waals surface area contributed by atoms with Crippen LogP contribution in [0.5, 0.6) is 5.75 Å². The highest BCUT2D eigenvalue weighted by molar-refractivity contribution is 6.33. The SMILES string of the molecule is Cc1cc(OC(=O)CCC(=O)Nc2ccccc2Cl)c(C)c2c1CC[C@H]1[C@H](C)C(=O)O[C@@H]21. The Kier molecular flexibility index (Phi) is 6.24. The molecule has 3 atom stereocenters. The van der Waals surface area contributed by atoms with Gasteiger partial charge in [-0.1, -0.05) is 30.7 Å². The predicted molar refractivity (Wildman–Crippen MR) is 121 cm³/mol. The third kappa shape index (κ3) is 4.24. The lowest BCUT2D eigenvalue weighted by molar-refractivity contribution is -0.144. The van der Waals surface area contributed by atoms with Gasteiger partial charge in [0.2, 0.25) is 5.91 Å². The number of carbonyl (C=O) groups excluding carboxylic acids is 3. The molecule has 32 heavy (non-hydrogen) atoms. The number of halogens is 1. The maximum atomic E-state index is 12.5. The van der Waals surface area contributed by atoms with Crippen molar-refractivity contribution in [1.82, 2.24) is 0 Å². The van der Waals surface area contributed by atoms with Crippen LogP contribution in [0.1, 0.15) is 54.5 Å². The first-order valence-corrected chi connectivity index (χ1v) is 11.2. The third-order valence-electron chi connectivity index (χ3n) is 6.51. The van der Waals surface area contributed by atoms with Crippen molar-refractivity contribution in [2.24, 2.45) is 11.8 Å². The number of ether oxygens (including phenoxy) is 2. The molecule has 1 aliphatic carbocycles. The molecule has 1 fully saturated rings. The van der Waals surface area contributed by atoms with Crippen molar-refractivity contribution in [2.45, 2.75) is 52.6 Å². The molecule has 0 aromatic heterocycles. The van der Waals surface area contributed by atoms with E-state index in [1.54, 1.807) is 24.3 Å². The highest BCUT2D eigenvalue weighted by Crippen LogP contribution is 2.49. The highest BCUT2D eigenvalue weighted by Gasteiger charge is 2.46. The van der Waals surface area contributed by atoms with Gasteiger partial charge in [-0.05, 0) is 61.6 Å². The molecule has 0 bridgehead atoms. The third-order valence-corrected chi connectivity index (χ3v) is 6.84. The van der Waals surface area contributed by atoms with Gasteiger partial charge in [-0.15, -0.1) is 0 Å². The maximum absolute atomic E-state index is 12.5. The van der Waals surface area contributed by atoms with Gasteiger partial charge in [0, 0.05) is 17.9 Å². The zero-order chi connectivity index (χ0) is 23.0. The van der Waals surface area contributed by atoms with E-state index in [0.29, 0.717) is 16.5 Å². The first kappa shape index (κ1) is 22.3. The number of nitrogens with one attached hydrogen (secondary N) is 1. The number of hydrogen-bond acceptors (Lipinski definition) is 5. The summed E-state index contributed by atoms with van der Waals surface area (Å²) in [6.45, 7) is 5.79. The molecule has 2 aromatic carbocycles. The van der Waals surface area contributed by atoms with E-state index >= 15 is 0 Å². The normalized spacial score (nSPS) is 21.4. The van der Waals surface area contributed by atoms with Crippen LogP contribution in [0, 0.1) is 25.7 Å². The van der Waals surface area contributed by atoms with Crippen molar-refractivity contribution in [3.8, 4) is 5.75 Å². The Labute approximate surface area is 192 Å². The molecule has 1 saturated heterocycles. The summed E-state index contributed by atoms with van der Waals surface area (Å²) in [5.41, 5.74) is 4.47. The second kappa shape index (κ2) is 8.94. The Morgan fingerprint density at radius 2 is 1.97 bits per heavy atom. The molecule has 168 valence electrons. The number of aryl methyl sites for hydroxylation is 1. The smallest absolute Gasteiger partial charge is 0.311 e. The summed E-state index contributed by atoms with van der Waals surface area (Å²) in [6.07, 6.45) is 1.40. The Hall–Kier alpha value is -2.86. The lowest BCUT2D eigenvalue weighted by atomic mass is 9.74. The van der Waals surface area contributed by atoms with Crippen LogP contribution in [0.2, 0.25) is 5.02 Å². The zero-order valence-corrected chi connectivity index (χ0v) is 19.1. The van der Waals surface area contributed by atoms with Gasteiger partial charge in [0.25, 0.3) is 0 Å². The monoisotopic (exact) mass is 455 g/mol. The summed E-state index contributed by atoms with van der Waals surface area (Å²) in [7, 11) is 0. The fourth-order valence-corrected chi connectivity index (χ4v) is 4.88. The van der Waals surface area contributed by atoms with Crippen LogP contribution in [0.4, 0.5) is 5.69 Å². The van der Waals surface area contributed by atoms with E-state index in [1.165, 1.54) is 5.56 Å². The van der Waals surface area contributed by atoms with E-state index in [9.17, 15) is 14.4 Å². The second-order valence-corrected chi connectivity index (χ2v) is 8.97. The van der Waals surface area contributed by atoms with Gasteiger partial charge in [0.05, 0.1) is 23.0 Å². The van der Waals surface area contributed by atoms with Crippen molar-refractivity contribution in [3.63, 3.8) is 0 Å². The minimum Gasteiger partial charge on any atom is -0.457 e. The lowest BCUT2D eigenvalue weighted by Gasteiger charge is -2.31. The number of esters is 2. The molecule has 1 heterocycles. The predicted octanol–water partition coefficient (Wildman–Crippen LogP) is 5.08. The van der Waals surface area contributed by atoms with E-state index < -0.39 is 5.97 Å². The molecule has 7 heteroatoms. The van der Waals surface area contributed by atoms with Crippen LogP contribution in [0.15, 0.2) is 30.3 Å². The Bertz CT molecular complexity index is 1100. The number of hydrogen-bond donors (Lipinski definition) is 1. The number of para-hydroxylation sites is 1. The largest absolute Gasteiger partial charge is 0.457 e. The summed E-state index contributed by atoms with van der Waals surface area (Å²) in [5, 5.41) is 3.13. The number of benzene rings is 2. The van der Waals surface area contributed by atoms with Crippen LogP contribution in [-0.4, -0.2) is 17.8 Å². The number of carbonyl (C=O) groups is 3. The first-order chi connectivity index (χ1) is 15.3. The standard InChI is InChI=1S/C25H26ClNO5/c1-13-12-20(15(3)23-16(13)8-9-17-14(2)25(30)32-24(17)23)31-22(29)11-10-21(28)27-19-7-5-4-6-18(19)26/h4-7,12,14,17,24H,8-11H2,1-3H3,(H,27,28)/t14-,17-,24+/m0/s1. The Balaban J connectivity index is 1.45. The van der Waals surface area contributed by atoms with Crippen LogP contribution in [0.3, 0.4) is 0 Å². The Morgan fingerprint density at radius 3 is 2.72 bits per heavy atom. The zero-order valence-electron chi connectivity index (χ0n) is 18.4. The van der Waals surface area contributed by atoms with Crippen LogP contribution >= 0.6 is 11.6 Å². The van der Waals surface area contributed by atoms with Crippen LogP contribution < -0.4 is 10.1 Å². The van der Waals surface area contributed by atoms with E-state index in [4.69, 9.17) is 21.1 Å². The van der Waals surface area contributed by atoms with E-state index in [1.807, 2.05) is 26.8 Å². The molecular weight excluding hydrogens is 430 g/mol. The van der Waals surface area contributed by atoms with Gasteiger partial charge < -0.3 is 14.8 Å². The lowest BCUT2D eigenvalue weighted by Crippen LogP contribution is -2.23. The molecule has 1 N–H and O–H groups in total. The van der Waals surface area contributed by atoms with Crippen molar-refractivity contribution in [3.05, 3.63) is 57.6 Å². The summed E-state index contributed by atoms with van der Waals surface area (Å²) < 4.78 is 11.3. The van der Waals surface area contributed by atoms with Crippen molar-refractivity contribution < 1.29 is 23.9 Å². The van der Waals surface area contributed by atoms with Gasteiger partial charge in [0.15, 0.2) is 0 Å². The summed E-state index contributed by atoms with van der Waals surface area (Å²) in [5.74, 6) is -0.511. The summed E-state index contributed by atoms with van der Waals surface area (Å²) in [4.78, 5) is 36.8. The van der Waals surface area contributed by atoms with Crippen molar-refractivity contribution >= 4 is 35.1 Å². The minimum absolute atomic E-state index is 0.0210. The molecular formula is C25H26ClNO5.